The first-order valence-corrected chi connectivity index (χ1v) is 12.9. The normalized spacial score (nSPS) is 11.4. The van der Waals surface area contributed by atoms with Gasteiger partial charge in [0.25, 0.3) is 0 Å². The van der Waals surface area contributed by atoms with Gasteiger partial charge in [-0.25, -0.2) is 4.98 Å². The summed E-state index contributed by atoms with van der Waals surface area (Å²) in [5.41, 5.74) is 4.29. The van der Waals surface area contributed by atoms with E-state index in [9.17, 15) is 9.90 Å². The molecule has 0 unspecified atom stereocenters. The number of rotatable bonds is 6. The first-order chi connectivity index (χ1) is 18.7. The molecule has 5 rings (SSSR count). The number of thiocarbonyl (C=S) groups is 1. The van der Waals surface area contributed by atoms with Crippen LogP contribution in [0.15, 0.2) is 87.7 Å². The van der Waals surface area contributed by atoms with Crippen molar-refractivity contribution in [3.05, 3.63) is 95.2 Å². The number of phenolic OH excluding ortho intramolecular Hbond substituents is 1. The van der Waals surface area contributed by atoms with Crippen LogP contribution in [0.1, 0.15) is 31.1 Å². The minimum absolute atomic E-state index is 0.00509. The van der Waals surface area contributed by atoms with Crippen LogP contribution in [0.4, 0.5) is 5.69 Å². The van der Waals surface area contributed by atoms with Crippen LogP contribution in [0, 0.1) is 0 Å². The average molecular weight is 558 g/mol. The van der Waals surface area contributed by atoms with Gasteiger partial charge in [-0.05, 0) is 96.5 Å². The van der Waals surface area contributed by atoms with Crippen molar-refractivity contribution in [2.75, 3.05) is 5.32 Å². The molecule has 0 saturated carbocycles. The van der Waals surface area contributed by atoms with E-state index < -0.39 is 5.91 Å². The second-order valence-electron chi connectivity index (χ2n) is 9.12. The Bertz CT molecular complexity index is 1700. The molecule has 9 heteroatoms. The first-order valence-electron chi connectivity index (χ1n) is 12.1. The van der Waals surface area contributed by atoms with Crippen molar-refractivity contribution < 1.29 is 18.7 Å². The minimum atomic E-state index is -0.434. The van der Waals surface area contributed by atoms with Crippen molar-refractivity contribution >= 4 is 57.7 Å². The number of phenols is 1. The van der Waals surface area contributed by atoms with Gasteiger partial charge in [0.2, 0.25) is 11.8 Å². The number of aromatic nitrogens is 1. The van der Waals surface area contributed by atoms with E-state index in [1.807, 2.05) is 36.4 Å². The average Bonchev–Trinajstić information content (AvgIpc) is 3.56. The van der Waals surface area contributed by atoms with Gasteiger partial charge < -0.3 is 19.3 Å². The zero-order valence-corrected chi connectivity index (χ0v) is 22.6. The minimum Gasteiger partial charge on any atom is -0.507 e. The lowest BCUT2D eigenvalue weighted by Gasteiger charge is -2.09. The van der Waals surface area contributed by atoms with Crippen molar-refractivity contribution in [2.24, 2.45) is 0 Å². The maximum absolute atomic E-state index is 12.4. The van der Waals surface area contributed by atoms with E-state index in [1.54, 1.807) is 36.4 Å². The van der Waals surface area contributed by atoms with E-state index in [-0.39, 0.29) is 16.8 Å². The Morgan fingerprint density at radius 1 is 1.03 bits per heavy atom. The van der Waals surface area contributed by atoms with E-state index in [4.69, 9.17) is 32.7 Å². The molecule has 2 heterocycles. The number of nitrogens with one attached hydrogen (secondary N) is 2. The Hall–Kier alpha value is -4.40. The fourth-order valence-corrected chi connectivity index (χ4v) is 4.23. The number of anilines is 1. The molecule has 0 aliphatic carbocycles. The third-order valence-electron chi connectivity index (χ3n) is 5.95. The largest absolute Gasteiger partial charge is 0.507 e. The highest BCUT2D eigenvalue weighted by molar-refractivity contribution is 7.80. The molecule has 0 radical (unpaired) electrons. The molecule has 3 N–H and O–H groups in total. The van der Waals surface area contributed by atoms with Gasteiger partial charge in [0.05, 0.1) is 5.56 Å². The molecule has 7 nitrogen and oxygen atoms in total. The number of nitrogens with zero attached hydrogens (tertiary/aromatic N) is 1. The number of benzene rings is 3. The third kappa shape index (κ3) is 6.19. The second-order valence-corrected chi connectivity index (χ2v) is 9.96. The molecule has 3 aromatic carbocycles. The summed E-state index contributed by atoms with van der Waals surface area (Å²) in [7, 11) is 0. The van der Waals surface area contributed by atoms with Crippen molar-refractivity contribution in [2.45, 2.75) is 19.8 Å². The zero-order chi connectivity index (χ0) is 27.5. The van der Waals surface area contributed by atoms with Crippen LogP contribution in [-0.4, -0.2) is 21.1 Å². The number of halogens is 1. The molecule has 1 amide bonds. The Kier molecular flexibility index (Phi) is 7.49. The van der Waals surface area contributed by atoms with Gasteiger partial charge in [-0.2, -0.15) is 0 Å². The molecule has 196 valence electrons. The highest BCUT2D eigenvalue weighted by Crippen LogP contribution is 2.34. The number of hydrogen-bond acceptors (Lipinski definition) is 6. The quantitative estimate of drug-likeness (QED) is 0.111. The monoisotopic (exact) mass is 557 g/mol. The van der Waals surface area contributed by atoms with Crippen LogP contribution in [0.5, 0.6) is 5.75 Å². The Labute approximate surface area is 235 Å². The number of aromatic hydroxyl groups is 1. The van der Waals surface area contributed by atoms with Gasteiger partial charge in [-0.3, -0.25) is 10.1 Å². The number of oxazole rings is 1. The second kappa shape index (κ2) is 11.1. The molecule has 0 bridgehead atoms. The Morgan fingerprint density at radius 2 is 1.82 bits per heavy atom. The summed E-state index contributed by atoms with van der Waals surface area (Å²) >= 11 is 11.2. The fourth-order valence-electron chi connectivity index (χ4n) is 3.89. The number of carbonyl (C=O) groups is 1. The molecule has 0 spiro atoms. The molecular formula is C30H24ClN3O4S. The zero-order valence-electron chi connectivity index (χ0n) is 21.1. The van der Waals surface area contributed by atoms with E-state index in [0.29, 0.717) is 44.8 Å². The molecule has 0 atom stereocenters. The van der Waals surface area contributed by atoms with Crippen molar-refractivity contribution in [1.29, 1.82) is 0 Å². The molecule has 39 heavy (non-hydrogen) atoms. The van der Waals surface area contributed by atoms with Gasteiger partial charge in [-0.15, -0.1) is 0 Å². The van der Waals surface area contributed by atoms with Crippen molar-refractivity contribution in [3.63, 3.8) is 0 Å². The summed E-state index contributed by atoms with van der Waals surface area (Å²) < 4.78 is 11.6. The lowest BCUT2D eigenvalue weighted by Crippen LogP contribution is -2.32. The molecular weight excluding hydrogens is 534 g/mol. The highest BCUT2D eigenvalue weighted by atomic mass is 35.5. The highest BCUT2D eigenvalue weighted by Gasteiger charge is 2.15. The third-order valence-corrected chi connectivity index (χ3v) is 6.41. The number of hydrogen-bond donors (Lipinski definition) is 3. The van der Waals surface area contributed by atoms with E-state index >= 15 is 0 Å². The number of furan rings is 1. The first kappa shape index (κ1) is 26.2. The van der Waals surface area contributed by atoms with Crippen LogP contribution < -0.4 is 10.6 Å². The topological polar surface area (TPSA) is 101 Å². The van der Waals surface area contributed by atoms with Gasteiger partial charge in [0.15, 0.2) is 10.7 Å². The summed E-state index contributed by atoms with van der Waals surface area (Å²) in [6.07, 6.45) is 2.87. The lowest BCUT2D eigenvalue weighted by molar-refractivity contribution is -0.115. The maximum Gasteiger partial charge on any atom is 0.250 e. The lowest BCUT2D eigenvalue weighted by atomic mass is 10.0. The van der Waals surface area contributed by atoms with E-state index in [0.717, 1.165) is 11.1 Å². The van der Waals surface area contributed by atoms with Gasteiger partial charge in [0, 0.05) is 22.3 Å². The van der Waals surface area contributed by atoms with E-state index in [1.165, 1.54) is 12.1 Å². The number of fused-ring (bicyclic) bond motifs is 1. The number of amides is 1. The standard InChI is InChI=1S/C30H24ClN3O4S/c1-17(2)19-5-12-27-24(15-19)33-29(38-27)23-16-21(8-11-25(23)35)32-30(39)34-28(36)14-10-22-9-13-26(37-22)18-3-6-20(31)7-4-18/h3-17,35H,1-2H3,(H2,32,34,36,39). The SMILES string of the molecule is CC(C)c1ccc2oc(-c3cc(NC(=S)NC(=O)C=Cc4ccc(-c5ccc(Cl)cc5)o4)ccc3O)nc2c1. The van der Waals surface area contributed by atoms with Crippen LogP contribution in [-0.2, 0) is 4.79 Å². The number of carbonyl (C=O) groups excluding carboxylic acids is 1. The van der Waals surface area contributed by atoms with Gasteiger partial charge in [-0.1, -0.05) is 31.5 Å². The van der Waals surface area contributed by atoms with Crippen LogP contribution in [0.2, 0.25) is 5.02 Å². The van der Waals surface area contributed by atoms with Gasteiger partial charge in [0.1, 0.15) is 22.8 Å². The molecule has 2 aromatic heterocycles. The molecule has 5 aromatic rings. The van der Waals surface area contributed by atoms with E-state index in [2.05, 4.69) is 29.5 Å². The molecule has 0 aliphatic rings. The van der Waals surface area contributed by atoms with Crippen molar-refractivity contribution in [1.82, 2.24) is 10.3 Å². The van der Waals surface area contributed by atoms with Crippen LogP contribution in [0.3, 0.4) is 0 Å². The van der Waals surface area contributed by atoms with Crippen molar-refractivity contribution in [3.8, 4) is 28.5 Å². The van der Waals surface area contributed by atoms with Crippen LogP contribution >= 0.6 is 23.8 Å². The van der Waals surface area contributed by atoms with Crippen LogP contribution in [0.25, 0.3) is 40.0 Å². The summed E-state index contributed by atoms with van der Waals surface area (Å²) in [6.45, 7) is 4.21. The smallest absolute Gasteiger partial charge is 0.250 e. The predicted molar refractivity (Wildman–Crippen MR) is 158 cm³/mol. The predicted octanol–water partition coefficient (Wildman–Crippen LogP) is 7.76. The molecule has 0 fully saturated rings. The Morgan fingerprint density at radius 3 is 2.59 bits per heavy atom. The summed E-state index contributed by atoms with van der Waals surface area (Å²) in [4.78, 5) is 17.0. The summed E-state index contributed by atoms with van der Waals surface area (Å²) in [5, 5.41) is 16.7. The van der Waals surface area contributed by atoms with Gasteiger partial charge >= 0.3 is 0 Å². The Balaban J connectivity index is 1.23. The summed E-state index contributed by atoms with van der Waals surface area (Å²) in [5.74, 6) is 1.37. The summed E-state index contributed by atoms with van der Waals surface area (Å²) in [6, 6.07) is 21.5. The fraction of sp³-hybridized carbons (Fsp3) is 0.100. The maximum atomic E-state index is 12.4. The molecule has 0 aliphatic heterocycles. The molecule has 0 saturated heterocycles.